The van der Waals surface area contributed by atoms with Gasteiger partial charge in [-0.25, -0.2) is 4.98 Å². The maximum absolute atomic E-state index is 12.1. The first kappa shape index (κ1) is 13.3. The Kier molecular flexibility index (Phi) is 2.97. The molecule has 0 aliphatic rings. The van der Waals surface area contributed by atoms with Gasteiger partial charge in [-0.3, -0.25) is 4.57 Å². The Morgan fingerprint density at radius 2 is 1.76 bits per heavy atom. The minimum absolute atomic E-state index is 0.264. The number of anilines is 1. The Labute approximate surface area is 117 Å². The maximum Gasteiger partial charge on any atom is 0.573 e. The fourth-order valence-corrected chi connectivity index (χ4v) is 2.04. The van der Waals surface area contributed by atoms with Crippen LogP contribution in [0.25, 0.3) is 16.7 Å². The van der Waals surface area contributed by atoms with Crippen molar-refractivity contribution >= 4 is 16.7 Å². The number of hydrogen-bond acceptors (Lipinski definition) is 3. The molecule has 0 aliphatic heterocycles. The van der Waals surface area contributed by atoms with Crippen LogP contribution >= 0.6 is 0 Å². The van der Waals surface area contributed by atoms with E-state index < -0.39 is 6.36 Å². The van der Waals surface area contributed by atoms with E-state index in [1.165, 1.54) is 24.3 Å². The van der Waals surface area contributed by atoms with Gasteiger partial charge in [-0.1, -0.05) is 0 Å². The van der Waals surface area contributed by atoms with Crippen molar-refractivity contribution in [3.8, 4) is 11.4 Å². The molecule has 108 valence electrons. The zero-order valence-corrected chi connectivity index (χ0v) is 10.6. The van der Waals surface area contributed by atoms with Crippen molar-refractivity contribution in [2.75, 3.05) is 5.73 Å². The summed E-state index contributed by atoms with van der Waals surface area (Å²) in [6.45, 7) is 0. The highest BCUT2D eigenvalue weighted by molar-refractivity contribution is 5.80. The van der Waals surface area contributed by atoms with E-state index in [4.69, 9.17) is 5.73 Å². The van der Waals surface area contributed by atoms with E-state index in [1.54, 1.807) is 29.1 Å². The zero-order valence-electron chi connectivity index (χ0n) is 10.6. The van der Waals surface area contributed by atoms with Gasteiger partial charge >= 0.3 is 6.36 Å². The standard InChI is InChI=1S/C14H10F3N3O/c15-14(16,17)21-11-4-2-10(3-5-11)20-8-19-12-7-9(18)1-6-13(12)20/h1-8H,18H2. The number of nitrogen functional groups attached to an aromatic ring is 1. The largest absolute Gasteiger partial charge is 0.573 e. The molecule has 4 nitrogen and oxygen atoms in total. The first-order valence-electron chi connectivity index (χ1n) is 6.01. The van der Waals surface area contributed by atoms with Gasteiger partial charge in [0.25, 0.3) is 0 Å². The summed E-state index contributed by atoms with van der Waals surface area (Å²) in [6, 6.07) is 10.8. The number of imidazole rings is 1. The Morgan fingerprint density at radius 3 is 2.43 bits per heavy atom. The fourth-order valence-electron chi connectivity index (χ4n) is 2.04. The number of nitrogens with zero attached hydrogens (tertiary/aromatic N) is 2. The van der Waals surface area contributed by atoms with Gasteiger partial charge in [-0.15, -0.1) is 13.2 Å². The number of fused-ring (bicyclic) bond motifs is 1. The molecule has 0 amide bonds. The smallest absolute Gasteiger partial charge is 0.406 e. The summed E-state index contributed by atoms with van der Waals surface area (Å²) in [6.07, 6.45) is -3.11. The van der Waals surface area contributed by atoms with Crippen molar-refractivity contribution < 1.29 is 17.9 Å². The summed E-state index contributed by atoms with van der Waals surface area (Å²) in [5, 5.41) is 0. The summed E-state index contributed by atoms with van der Waals surface area (Å²) in [5.41, 5.74) is 8.48. The highest BCUT2D eigenvalue weighted by Gasteiger charge is 2.30. The van der Waals surface area contributed by atoms with E-state index in [1.807, 2.05) is 0 Å². The Balaban J connectivity index is 1.96. The van der Waals surface area contributed by atoms with Gasteiger partial charge in [0.05, 0.1) is 11.0 Å². The zero-order chi connectivity index (χ0) is 15.0. The lowest BCUT2D eigenvalue weighted by molar-refractivity contribution is -0.274. The summed E-state index contributed by atoms with van der Waals surface area (Å²) in [4.78, 5) is 4.21. The van der Waals surface area contributed by atoms with Crippen LogP contribution in [0.5, 0.6) is 5.75 Å². The first-order valence-corrected chi connectivity index (χ1v) is 6.01. The normalized spacial score (nSPS) is 11.8. The molecule has 1 aromatic heterocycles. The van der Waals surface area contributed by atoms with Gasteiger partial charge < -0.3 is 10.5 Å². The van der Waals surface area contributed by atoms with Gasteiger partial charge in [-0.05, 0) is 42.5 Å². The van der Waals surface area contributed by atoms with E-state index in [0.29, 0.717) is 16.9 Å². The van der Waals surface area contributed by atoms with Crippen molar-refractivity contribution in [3.63, 3.8) is 0 Å². The van der Waals surface area contributed by atoms with Crippen LogP contribution in [0.15, 0.2) is 48.8 Å². The van der Waals surface area contributed by atoms with E-state index in [0.717, 1.165) is 5.52 Å². The lowest BCUT2D eigenvalue weighted by atomic mass is 10.2. The van der Waals surface area contributed by atoms with Crippen LogP contribution in [0, 0.1) is 0 Å². The lowest BCUT2D eigenvalue weighted by Gasteiger charge is -2.10. The molecular weight excluding hydrogens is 283 g/mol. The van der Waals surface area contributed by atoms with Gasteiger partial charge in [0, 0.05) is 11.4 Å². The summed E-state index contributed by atoms with van der Waals surface area (Å²) >= 11 is 0. The van der Waals surface area contributed by atoms with E-state index in [-0.39, 0.29) is 5.75 Å². The molecule has 0 spiro atoms. The second-order valence-corrected chi connectivity index (χ2v) is 4.40. The number of hydrogen-bond donors (Lipinski definition) is 1. The number of benzene rings is 2. The van der Waals surface area contributed by atoms with Gasteiger partial charge in [-0.2, -0.15) is 0 Å². The third kappa shape index (κ3) is 2.76. The van der Waals surface area contributed by atoms with E-state index in [2.05, 4.69) is 9.72 Å². The average molecular weight is 293 g/mol. The topological polar surface area (TPSA) is 53.1 Å². The molecule has 0 fully saturated rings. The van der Waals surface area contributed by atoms with Crippen LogP contribution < -0.4 is 10.5 Å². The van der Waals surface area contributed by atoms with Crippen LogP contribution in [0.2, 0.25) is 0 Å². The molecule has 0 saturated heterocycles. The predicted octanol–water partition coefficient (Wildman–Crippen LogP) is 3.51. The Morgan fingerprint density at radius 1 is 1.05 bits per heavy atom. The van der Waals surface area contributed by atoms with Crippen molar-refractivity contribution in [2.45, 2.75) is 6.36 Å². The van der Waals surface area contributed by atoms with Crippen LogP contribution in [-0.2, 0) is 0 Å². The second-order valence-electron chi connectivity index (χ2n) is 4.40. The quantitative estimate of drug-likeness (QED) is 0.736. The second kappa shape index (κ2) is 4.69. The molecule has 3 aromatic rings. The Bertz CT molecular complexity index is 778. The molecular formula is C14H10F3N3O. The van der Waals surface area contributed by atoms with Gasteiger partial charge in [0.2, 0.25) is 0 Å². The molecule has 0 bridgehead atoms. The van der Waals surface area contributed by atoms with E-state index in [9.17, 15) is 13.2 Å². The van der Waals surface area contributed by atoms with Crippen molar-refractivity contribution in [2.24, 2.45) is 0 Å². The molecule has 0 unspecified atom stereocenters. The number of nitrogens with two attached hydrogens (primary N) is 1. The molecule has 0 aliphatic carbocycles. The number of halogens is 3. The highest BCUT2D eigenvalue weighted by atomic mass is 19.4. The van der Waals surface area contributed by atoms with Crippen molar-refractivity contribution in [3.05, 3.63) is 48.8 Å². The number of alkyl halides is 3. The monoisotopic (exact) mass is 293 g/mol. The number of rotatable bonds is 2. The SMILES string of the molecule is Nc1ccc2c(c1)ncn2-c1ccc(OC(F)(F)F)cc1. The molecule has 7 heteroatoms. The minimum Gasteiger partial charge on any atom is -0.406 e. The molecule has 2 aromatic carbocycles. The molecule has 1 heterocycles. The van der Waals surface area contributed by atoms with Gasteiger partial charge in [0.1, 0.15) is 12.1 Å². The van der Waals surface area contributed by atoms with Crippen molar-refractivity contribution in [1.29, 1.82) is 0 Å². The first-order chi connectivity index (χ1) is 9.92. The molecule has 3 rings (SSSR count). The van der Waals surface area contributed by atoms with Crippen molar-refractivity contribution in [1.82, 2.24) is 9.55 Å². The fraction of sp³-hybridized carbons (Fsp3) is 0.0714. The van der Waals surface area contributed by atoms with E-state index >= 15 is 0 Å². The number of ether oxygens (including phenoxy) is 1. The minimum atomic E-state index is -4.69. The van der Waals surface area contributed by atoms with Gasteiger partial charge in [0.15, 0.2) is 0 Å². The lowest BCUT2D eigenvalue weighted by Crippen LogP contribution is -2.17. The molecule has 0 atom stereocenters. The third-order valence-electron chi connectivity index (χ3n) is 2.92. The summed E-state index contributed by atoms with van der Waals surface area (Å²) < 4.78 is 41.9. The maximum atomic E-state index is 12.1. The van der Waals surface area contributed by atoms with Crippen LogP contribution in [-0.4, -0.2) is 15.9 Å². The molecule has 2 N–H and O–H groups in total. The van der Waals surface area contributed by atoms with Crippen LogP contribution in [0.4, 0.5) is 18.9 Å². The number of aromatic nitrogens is 2. The molecule has 0 radical (unpaired) electrons. The Hall–Kier alpha value is -2.70. The van der Waals surface area contributed by atoms with Crippen LogP contribution in [0.1, 0.15) is 0 Å². The summed E-state index contributed by atoms with van der Waals surface area (Å²) in [5.74, 6) is -0.264. The molecule has 0 saturated carbocycles. The molecule has 21 heavy (non-hydrogen) atoms. The average Bonchev–Trinajstić information content (AvgIpc) is 2.80. The third-order valence-corrected chi connectivity index (χ3v) is 2.92. The van der Waals surface area contributed by atoms with Crippen LogP contribution in [0.3, 0.4) is 0 Å². The predicted molar refractivity (Wildman–Crippen MR) is 72.2 cm³/mol. The summed E-state index contributed by atoms with van der Waals surface area (Å²) in [7, 11) is 0. The highest BCUT2D eigenvalue weighted by Crippen LogP contribution is 2.25.